The standard InChI is InChI=1S/C21H27N3O3S/c1-15-6-5-7-19(17(15)3)22-21(25)18-9-8-16(2)20(14-18)28(26,27)24-12-10-23(4)11-13-24/h5-9,14H,10-13H2,1-4H3,(H,22,25). The lowest BCUT2D eigenvalue weighted by Crippen LogP contribution is -2.47. The Labute approximate surface area is 167 Å². The number of likely N-dealkylation sites (N-methyl/N-ethyl adjacent to an activating group) is 1. The van der Waals surface area contributed by atoms with Gasteiger partial charge in [-0.05, 0) is 62.7 Å². The molecular formula is C21H27N3O3S. The van der Waals surface area contributed by atoms with Crippen molar-refractivity contribution in [1.82, 2.24) is 9.21 Å². The van der Waals surface area contributed by atoms with Gasteiger partial charge < -0.3 is 10.2 Å². The summed E-state index contributed by atoms with van der Waals surface area (Å²) in [5.41, 5.74) is 3.78. The zero-order valence-corrected chi connectivity index (χ0v) is 17.6. The zero-order chi connectivity index (χ0) is 20.5. The first-order valence-electron chi connectivity index (χ1n) is 9.37. The van der Waals surface area contributed by atoms with Crippen LogP contribution in [0.25, 0.3) is 0 Å². The number of piperazine rings is 1. The van der Waals surface area contributed by atoms with Crippen molar-refractivity contribution in [2.75, 3.05) is 38.5 Å². The Hall–Kier alpha value is -2.22. The molecule has 1 fully saturated rings. The Bertz CT molecular complexity index is 994. The van der Waals surface area contributed by atoms with Gasteiger partial charge in [-0.25, -0.2) is 8.42 Å². The van der Waals surface area contributed by atoms with Crippen LogP contribution < -0.4 is 5.32 Å². The van der Waals surface area contributed by atoms with Crippen LogP contribution in [0.1, 0.15) is 27.0 Å². The summed E-state index contributed by atoms with van der Waals surface area (Å²) in [6.45, 7) is 8.00. The Morgan fingerprint density at radius 1 is 0.964 bits per heavy atom. The van der Waals surface area contributed by atoms with Crippen LogP contribution in [0.5, 0.6) is 0 Å². The average Bonchev–Trinajstić information content (AvgIpc) is 2.66. The zero-order valence-electron chi connectivity index (χ0n) is 16.8. The molecule has 6 nitrogen and oxygen atoms in total. The van der Waals surface area contributed by atoms with Crippen molar-refractivity contribution in [1.29, 1.82) is 0 Å². The van der Waals surface area contributed by atoms with Crippen LogP contribution >= 0.6 is 0 Å². The van der Waals surface area contributed by atoms with Crippen molar-refractivity contribution in [2.24, 2.45) is 0 Å². The summed E-state index contributed by atoms with van der Waals surface area (Å²) in [5.74, 6) is -0.316. The van der Waals surface area contributed by atoms with Gasteiger partial charge in [0.1, 0.15) is 0 Å². The van der Waals surface area contributed by atoms with Crippen molar-refractivity contribution in [3.63, 3.8) is 0 Å². The molecule has 1 heterocycles. The van der Waals surface area contributed by atoms with Crippen LogP contribution in [-0.4, -0.2) is 56.8 Å². The van der Waals surface area contributed by atoms with Gasteiger partial charge in [0.05, 0.1) is 4.90 Å². The first kappa shape index (κ1) is 20.5. The summed E-state index contributed by atoms with van der Waals surface area (Å²) < 4.78 is 27.7. The topological polar surface area (TPSA) is 69.7 Å². The van der Waals surface area contributed by atoms with Crippen LogP contribution in [0.3, 0.4) is 0 Å². The predicted octanol–water partition coefficient (Wildman–Crippen LogP) is 2.80. The minimum Gasteiger partial charge on any atom is -0.322 e. The maximum absolute atomic E-state index is 13.1. The third kappa shape index (κ3) is 4.11. The van der Waals surface area contributed by atoms with E-state index in [4.69, 9.17) is 0 Å². The minimum atomic E-state index is -3.63. The van der Waals surface area contributed by atoms with Crippen molar-refractivity contribution in [2.45, 2.75) is 25.7 Å². The highest BCUT2D eigenvalue weighted by molar-refractivity contribution is 7.89. The first-order chi connectivity index (χ1) is 13.2. The number of amides is 1. The fourth-order valence-corrected chi connectivity index (χ4v) is 4.94. The number of nitrogens with zero attached hydrogens (tertiary/aromatic N) is 2. The molecule has 0 aliphatic carbocycles. The molecule has 28 heavy (non-hydrogen) atoms. The number of benzene rings is 2. The van der Waals surface area contributed by atoms with E-state index in [9.17, 15) is 13.2 Å². The van der Waals surface area contributed by atoms with Gasteiger partial charge in [-0.1, -0.05) is 18.2 Å². The molecule has 0 unspecified atom stereocenters. The summed E-state index contributed by atoms with van der Waals surface area (Å²) in [4.78, 5) is 15.1. The highest BCUT2D eigenvalue weighted by Gasteiger charge is 2.29. The number of carbonyl (C=O) groups is 1. The largest absolute Gasteiger partial charge is 0.322 e. The third-order valence-electron chi connectivity index (χ3n) is 5.38. The lowest BCUT2D eigenvalue weighted by Gasteiger charge is -2.32. The Balaban J connectivity index is 1.88. The van der Waals surface area contributed by atoms with Crippen molar-refractivity contribution in [3.05, 3.63) is 58.7 Å². The lowest BCUT2D eigenvalue weighted by atomic mass is 10.1. The van der Waals surface area contributed by atoms with E-state index < -0.39 is 10.0 Å². The monoisotopic (exact) mass is 401 g/mol. The van der Waals surface area contributed by atoms with Crippen LogP contribution in [0, 0.1) is 20.8 Å². The summed E-state index contributed by atoms with van der Waals surface area (Å²) >= 11 is 0. The van der Waals surface area contributed by atoms with E-state index in [2.05, 4.69) is 10.2 Å². The molecule has 150 valence electrons. The molecule has 2 aromatic carbocycles. The molecular weight excluding hydrogens is 374 g/mol. The van der Waals surface area contributed by atoms with E-state index in [0.717, 1.165) is 16.8 Å². The third-order valence-corrected chi connectivity index (χ3v) is 7.42. The molecule has 1 saturated heterocycles. The summed E-state index contributed by atoms with van der Waals surface area (Å²) in [6, 6.07) is 10.6. The second kappa shape index (κ2) is 8.03. The molecule has 1 aliphatic rings. The number of hydrogen-bond acceptors (Lipinski definition) is 4. The summed E-state index contributed by atoms with van der Waals surface area (Å²) in [6.07, 6.45) is 0. The van der Waals surface area contributed by atoms with Gasteiger partial charge in [-0.15, -0.1) is 0 Å². The van der Waals surface area contributed by atoms with Gasteiger partial charge in [0.2, 0.25) is 10.0 Å². The van der Waals surface area contributed by atoms with Crippen molar-refractivity contribution < 1.29 is 13.2 Å². The molecule has 0 atom stereocenters. The molecule has 0 aromatic heterocycles. The summed E-state index contributed by atoms with van der Waals surface area (Å²) in [5, 5.41) is 2.90. The van der Waals surface area contributed by atoms with Gasteiger partial charge in [0, 0.05) is 37.4 Å². The lowest BCUT2D eigenvalue weighted by molar-refractivity contribution is 0.102. The van der Waals surface area contributed by atoms with Crippen molar-refractivity contribution in [3.8, 4) is 0 Å². The van der Waals surface area contributed by atoms with Crippen molar-refractivity contribution >= 4 is 21.6 Å². The van der Waals surface area contributed by atoms with Crippen LogP contribution in [0.2, 0.25) is 0 Å². The van der Waals surface area contributed by atoms with E-state index in [-0.39, 0.29) is 10.8 Å². The number of aryl methyl sites for hydroxylation is 2. The van der Waals surface area contributed by atoms with Crippen LogP contribution in [0.15, 0.2) is 41.3 Å². The van der Waals surface area contributed by atoms with Crippen LogP contribution in [0.4, 0.5) is 5.69 Å². The second-order valence-corrected chi connectivity index (χ2v) is 9.30. The second-order valence-electron chi connectivity index (χ2n) is 7.39. The number of nitrogens with one attached hydrogen (secondary N) is 1. The molecule has 1 N–H and O–H groups in total. The first-order valence-corrected chi connectivity index (χ1v) is 10.8. The fraction of sp³-hybridized carbons (Fsp3) is 0.381. The average molecular weight is 402 g/mol. The number of sulfonamides is 1. The number of anilines is 1. The Morgan fingerprint density at radius 2 is 1.64 bits per heavy atom. The minimum absolute atomic E-state index is 0.200. The Morgan fingerprint density at radius 3 is 2.32 bits per heavy atom. The highest BCUT2D eigenvalue weighted by atomic mass is 32.2. The smallest absolute Gasteiger partial charge is 0.255 e. The number of rotatable bonds is 4. The predicted molar refractivity (Wildman–Crippen MR) is 111 cm³/mol. The van der Waals surface area contributed by atoms with E-state index in [1.165, 1.54) is 10.4 Å². The molecule has 1 amide bonds. The van der Waals surface area contributed by atoms with E-state index in [1.807, 2.05) is 39.1 Å². The molecule has 0 bridgehead atoms. The molecule has 0 saturated carbocycles. The molecule has 2 aromatic rings. The maximum atomic E-state index is 13.1. The fourth-order valence-electron chi connectivity index (χ4n) is 3.27. The van der Waals surface area contributed by atoms with E-state index in [0.29, 0.717) is 37.3 Å². The summed E-state index contributed by atoms with van der Waals surface area (Å²) in [7, 11) is -1.65. The van der Waals surface area contributed by atoms with E-state index in [1.54, 1.807) is 19.1 Å². The van der Waals surface area contributed by atoms with Gasteiger partial charge >= 0.3 is 0 Å². The normalized spacial score (nSPS) is 16.1. The van der Waals surface area contributed by atoms with Gasteiger partial charge in [-0.3, -0.25) is 4.79 Å². The number of hydrogen-bond donors (Lipinski definition) is 1. The van der Waals surface area contributed by atoms with Gasteiger partial charge in [0.25, 0.3) is 5.91 Å². The molecule has 0 radical (unpaired) electrons. The molecule has 7 heteroatoms. The maximum Gasteiger partial charge on any atom is 0.255 e. The molecule has 3 rings (SSSR count). The van der Waals surface area contributed by atoms with E-state index >= 15 is 0 Å². The number of carbonyl (C=O) groups excluding carboxylic acids is 1. The SMILES string of the molecule is Cc1ccc(C(=O)Nc2cccc(C)c2C)cc1S(=O)(=O)N1CCN(C)CC1. The van der Waals surface area contributed by atoms with Gasteiger partial charge in [0.15, 0.2) is 0 Å². The quantitative estimate of drug-likeness (QED) is 0.855. The van der Waals surface area contributed by atoms with Crippen LogP contribution in [-0.2, 0) is 10.0 Å². The highest BCUT2D eigenvalue weighted by Crippen LogP contribution is 2.24. The molecule has 0 spiro atoms. The van der Waals surface area contributed by atoms with Gasteiger partial charge in [-0.2, -0.15) is 4.31 Å². The Kier molecular flexibility index (Phi) is 5.88. The molecule has 1 aliphatic heterocycles.